The van der Waals surface area contributed by atoms with Crippen molar-refractivity contribution in [3.63, 3.8) is 0 Å². The van der Waals surface area contributed by atoms with E-state index in [0.717, 1.165) is 23.5 Å². The van der Waals surface area contributed by atoms with Gasteiger partial charge < -0.3 is 5.32 Å². The summed E-state index contributed by atoms with van der Waals surface area (Å²) >= 11 is 5.99. The molecule has 0 amide bonds. The fourth-order valence-electron chi connectivity index (χ4n) is 1.43. The average Bonchev–Trinajstić information content (AvgIpc) is 2.64. The lowest BCUT2D eigenvalue weighted by atomic mass is 10.2. The normalized spacial score (nSPS) is 10.4. The number of hydrogen-bond acceptors (Lipinski definition) is 4. The van der Waals surface area contributed by atoms with Crippen LogP contribution in [0.3, 0.4) is 0 Å². The summed E-state index contributed by atoms with van der Waals surface area (Å²) in [6, 6.07) is 0. The smallest absolute Gasteiger partial charge is 0.138 e. The minimum absolute atomic E-state index is 0.490. The lowest BCUT2D eigenvalue weighted by Gasteiger charge is -2.08. The third-order valence-corrected chi connectivity index (χ3v) is 2.54. The van der Waals surface area contributed by atoms with Crippen LogP contribution in [0, 0.1) is 0 Å². The van der Waals surface area contributed by atoms with E-state index < -0.39 is 0 Å². The predicted molar refractivity (Wildman–Crippen MR) is 62.9 cm³/mol. The molecule has 0 aliphatic rings. The minimum Gasteiger partial charge on any atom is -0.337 e. The summed E-state index contributed by atoms with van der Waals surface area (Å²) in [6.07, 6.45) is 5.83. The first kappa shape index (κ1) is 10.9. The van der Waals surface area contributed by atoms with Gasteiger partial charge in [-0.25, -0.2) is 9.97 Å². The molecule has 0 bridgehead atoms. The van der Waals surface area contributed by atoms with Gasteiger partial charge in [0.25, 0.3) is 0 Å². The molecular formula is C10H12ClN5. The van der Waals surface area contributed by atoms with Crippen LogP contribution < -0.4 is 5.32 Å². The summed E-state index contributed by atoms with van der Waals surface area (Å²) < 4.78 is 1.72. The molecule has 0 aromatic carbocycles. The second-order valence-electron chi connectivity index (χ2n) is 3.37. The topological polar surface area (TPSA) is 55.6 Å². The molecule has 0 radical (unpaired) electrons. The van der Waals surface area contributed by atoms with Gasteiger partial charge in [0.1, 0.15) is 17.3 Å². The summed E-state index contributed by atoms with van der Waals surface area (Å²) in [5.41, 5.74) is 1.79. The van der Waals surface area contributed by atoms with E-state index in [1.165, 1.54) is 6.33 Å². The minimum atomic E-state index is 0.490. The lowest BCUT2D eigenvalue weighted by Crippen LogP contribution is -1.99. The quantitative estimate of drug-likeness (QED) is 0.832. The zero-order valence-corrected chi connectivity index (χ0v) is 9.86. The number of hydrogen-bond donors (Lipinski definition) is 1. The highest BCUT2D eigenvalue weighted by Crippen LogP contribution is 2.23. The Morgan fingerprint density at radius 2 is 2.25 bits per heavy atom. The number of aryl methyl sites for hydroxylation is 1. The van der Waals surface area contributed by atoms with Crippen LogP contribution in [-0.2, 0) is 13.5 Å². The van der Waals surface area contributed by atoms with Gasteiger partial charge in [-0.05, 0) is 6.42 Å². The second kappa shape index (κ2) is 4.49. The van der Waals surface area contributed by atoms with Crippen LogP contribution in [0.1, 0.15) is 12.5 Å². The van der Waals surface area contributed by atoms with E-state index in [9.17, 15) is 0 Å². The maximum Gasteiger partial charge on any atom is 0.138 e. The summed E-state index contributed by atoms with van der Waals surface area (Å²) in [5.74, 6) is 0.732. The maximum absolute atomic E-state index is 5.99. The Morgan fingerprint density at radius 3 is 2.88 bits per heavy atom. The first-order valence-corrected chi connectivity index (χ1v) is 5.33. The Kier molecular flexibility index (Phi) is 3.05. The second-order valence-corrected chi connectivity index (χ2v) is 3.73. The molecule has 2 heterocycles. The fourth-order valence-corrected chi connectivity index (χ4v) is 1.70. The molecule has 2 rings (SSSR count). The van der Waals surface area contributed by atoms with Gasteiger partial charge in [-0.1, -0.05) is 18.5 Å². The molecule has 6 heteroatoms. The lowest BCUT2D eigenvalue weighted by molar-refractivity contribution is 0.768. The molecule has 0 spiro atoms. The molecule has 0 saturated heterocycles. The zero-order valence-electron chi connectivity index (χ0n) is 9.11. The van der Waals surface area contributed by atoms with E-state index in [2.05, 4.69) is 20.4 Å². The summed E-state index contributed by atoms with van der Waals surface area (Å²) in [7, 11) is 1.86. The highest BCUT2D eigenvalue weighted by Gasteiger charge is 2.08. The molecule has 1 N–H and O–H groups in total. The fraction of sp³-hybridized carbons (Fsp3) is 0.300. The van der Waals surface area contributed by atoms with E-state index >= 15 is 0 Å². The SMILES string of the molecule is CCc1c(Cl)ncnc1Nc1cnn(C)c1. The van der Waals surface area contributed by atoms with Gasteiger partial charge in [0.15, 0.2) is 0 Å². The van der Waals surface area contributed by atoms with E-state index in [1.54, 1.807) is 10.9 Å². The molecule has 84 valence electrons. The van der Waals surface area contributed by atoms with Crippen molar-refractivity contribution in [1.29, 1.82) is 0 Å². The summed E-state index contributed by atoms with van der Waals surface area (Å²) in [6.45, 7) is 2.01. The van der Waals surface area contributed by atoms with Crippen LogP contribution >= 0.6 is 11.6 Å². The molecule has 0 saturated carbocycles. The highest BCUT2D eigenvalue weighted by atomic mass is 35.5. The van der Waals surface area contributed by atoms with Crippen molar-refractivity contribution in [2.45, 2.75) is 13.3 Å². The monoisotopic (exact) mass is 237 g/mol. The number of rotatable bonds is 3. The van der Waals surface area contributed by atoms with Gasteiger partial charge in [-0.3, -0.25) is 4.68 Å². The first-order valence-electron chi connectivity index (χ1n) is 4.95. The third kappa shape index (κ3) is 2.14. The van der Waals surface area contributed by atoms with Gasteiger partial charge in [0, 0.05) is 18.8 Å². The van der Waals surface area contributed by atoms with Crippen LogP contribution in [0.5, 0.6) is 0 Å². The van der Waals surface area contributed by atoms with Crippen LogP contribution in [0.4, 0.5) is 11.5 Å². The molecule has 0 atom stereocenters. The van der Waals surface area contributed by atoms with Crippen molar-refractivity contribution in [2.24, 2.45) is 7.05 Å². The Bertz CT molecular complexity index is 494. The number of aromatic nitrogens is 4. The van der Waals surface area contributed by atoms with E-state index in [4.69, 9.17) is 11.6 Å². The predicted octanol–water partition coefficient (Wildman–Crippen LogP) is 2.17. The van der Waals surface area contributed by atoms with Gasteiger partial charge >= 0.3 is 0 Å². The van der Waals surface area contributed by atoms with E-state index in [-0.39, 0.29) is 0 Å². The molecule has 16 heavy (non-hydrogen) atoms. The van der Waals surface area contributed by atoms with Gasteiger partial charge in [-0.2, -0.15) is 5.10 Å². The average molecular weight is 238 g/mol. The van der Waals surface area contributed by atoms with Crippen molar-refractivity contribution in [1.82, 2.24) is 19.7 Å². The summed E-state index contributed by atoms with van der Waals surface area (Å²) in [4.78, 5) is 8.12. The van der Waals surface area contributed by atoms with Gasteiger partial charge in [0.05, 0.1) is 11.9 Å². The molecule has 0 aliphatic heterocycles. The standard InChI is InChI=1S/C10H12ClN5/c1-3-8-9(11)12-6-13-10(8)15-7-4-14-16(2)5-7/h4-6H,3H2,1-2H3,(H,12,13,15). The molecule has 0 fully saturated rings. The van der Waals surface area contributed by atoms with Crippen LogP contribution in [0.25, 0.3) is 0 Å². The van der Waals surface area contributed by atoms with Crippen LogP contribution in [0.2, 0.25) is 5.15 Å². The van der Waals surface area contributed by atoms with Crippen molar-refractivity contribution >= 4 is 23.1 Å². The third-order valence-electron chi connectivity index (χ3n) is 2.21. The van der Waals surface area contributed by atoms with Crippen LogP contribution in [0.15, 0.2) is 18.7 Å². The van der Waals surface area contributed by atoms with Gasteiger partial charge in [-0.15, -0.1) is 0 Å². The number of nitrogens with zero attached hydrogens (tertiary/aromatic N) is 4. The van der Waals surface area contributed by atoms with Crippen LogP contribution in [-0.4, -0.2) is 19.7 Å². The molecule has 2 aromatic rings. The Morgan fingerprint density at radius 1 is 1.44 bits per heavy atom. The number of anilines is 2. The maximum atomic E-state index is 5.99. The number of halogens is 1. The molecule has 0 aliphatic carbocycles. The number of nitrogens with one attached hydrogen (secondary N) is 1. The molecular weight excluding hydrogens is 226 g/mol. The highest BCUT2D eigenvalue weighted by molar-refractivity contribution is 6.30. The Labute approximate surface area is 98.5 Å². The Hall–Kier alpha value is -1.62. The van der Waals surface area contributed by atoms with Crippen molar-refractivity contribution < 1.29 is 0 Å². The zero-order chi connectivity index (χ0) is 11.5. The Balaban J connectivity index is 2.30. The first-order chi connectivity index (χ1) is 7.70. The molecule has 5 nitrogen and oxygen atoms in total. The summed E-state index contributed by atoms with van der Waals surface area (Å²) in [5, 5.41) is 7.72. The van der Waals surface area contributed by atoms with Gasteiger partial charge in [0.2, 0.25) is 0 Å². The molecule has 2 aromatic heterocycles. The van der Waals surface area contributed by atoms with Crippen molar-refractivity contribution in [3.05, 3.63) is 29.4 Å². The van der Waals surface area contributed by atoms with E-state index in [0.29, 0.717) is 5.15 Å². The van der Waals surface area contributed by atoms with E-state index in [1.807, 2.05) is 20.2 Å². The van der Waals surface area contributed by atoms with Crippen molar-refractivity contribution in [2.75, 3.05) is 5.32 Å². The van der Waals surface area contributed by atoms with Crippen molar-refractivity contribution in [3.8, 4) is 0 Å². The largest absolute Gasteiger partial charge is 0.337 e. The molecule has 0 unspecified atom stereocenters.